The molecule has 11 nitrogen and oxygen atoms in total. The van der Waals surface area contributed by atoms with Crippen LogP contribution >= 0.6 is 23.1 Å². The van der Waals surface area contributed by atoms with Gasteiger partial charge in [-0.1, -0.05) is 5.16 Å². The highest BCUT2D eigenvalue weighted by atomic mass is 32.2. The number of β-lactam (4-membered cyclic amide) rings is 1. The van der Waals surface area contributed by atoms with E-state index in [-0.39, 0.29) is 29.9 Å². The molecule has 1 aromatic heterocycles. The molecule has 2 amide bonds. The van der Waals surface area contributed by atoms with Crippen LogP contribution in [0.3, 0.4) is 0 Å². The summed E-state index contributed by atoms with van der Waals surface area (Å²) in [5.74, 6) is -2.86. The molecule has 0 aliphatic carbocycles. The third kappa shape index (κ3) is 4.88. The van der Waals surface area contributed by atoms with Gasteiger partial charge in [-0.15, -0.1) is 23.1 Å². The second-order valence-corrected chi connectivity index (χ2v) is 8.69. The molecule has 1 fully saturated rings. The Morgan fingerprint density at radius 2 is 2.16 bits per heavy atom. The maximum absolute atomic E-state index is 12.8. The molecule has 0 radical (unpaired) electrons. The van der Waals surface area contributed by atoms with E-state index in [1.54, 1.807) is 19.2 Å². The molecule has 3 rings (SSSR count). The first kappa shape index (κ1) is 22.7. The van der Waals surface area contributed by atoms with Crippen molar-refractivity contribution in [1.82, 2.24) is 15.2 Å². The van der Waals surface area contributed by atoms with Crippen LogP contribution in [-0.2, 0) is 28.8 Å². The molecule has 31 heavy (non-hydrogen) atoms. The summed E-state index contributed by atoms with van der Waals surface area (Å²) in [5.41, 5.74) is 1.86. The Hall–Kier alpha value is -2.93. The molecule has 2 atom stereocenters. The number of rotatable bonds is 8. The van der Waals surface area contributed by atoms with Gasteiger partial charge < -0.3 is 20.0 Å². The van der Waals surface area contributed by atoms with Crippen molar-refractivity contribution in [2.45, 2.75) is 38.3 Å². The Bertz CT molecular complexity index is 958. The third-order valence-electron chi connectivity index (χ3n) is 4.23. The standard InChI is InChI=1S/C18H20N4O7S2/c1-8(2)29-21-12(11-6-30-7-19-11)15(24)20-13-16(25)22-14(18(26)27)10(4-28-9(3)23)5-31-17(13)22/h6-8,13,17H,4-5H2,1-3H3,(H,20,24)(H,26,27)/t13-,17-/m1/s1. The highest BCUT2D eigenvalue weighted by Crippen LogP contribution is 2.40. The molecule has 2 aliphatic rings. The molecule has 0 bridgehead atoms. The molecular weight excluding hydrogens is 448 g/mol. The zero-order valence-corrected chi connectivity index (χ0v) is 18.5. The van der Waals surface area contributed by atoms with Crippen molar-refractivity contribution in [2.75, 3.05) is 12.4 Å². The van der Waals surface area contributed by atoms with E-state index < -0.39 is 35.2 Å². The molecule has 0 aromatic carbocycles. The number of nitrogens with zero attached hydrogens (tertiary/aromatic N) is 3. The highest BCUT2D eigenvalue weighted by Gasteiger charge is 2.54. The van der Waals surface area contributed by atoms with E-state index in [2.05, 4.69) is 15.5 Å². The lowest BCUT2D eigenvalue weighted by Crippen LogP contribution is -2.71. The lowest BCUT2D eigenvalue weighted by Gasteiger charge is -2.49. The normalized spacial score (nSPS) is 20.8. The fourth-order valence-corrected chi connectivity index (χ4v) is 4.75. The number of esters is 1. The zero-order valence-electron chi connectivity index (χ0n) is 16.9. The van der Waals surface area contributed by atoms with E-state index in [0.29, 0.717) is 11.3 Å². The number of ether oxygens (including phenoxy) is 1. The summed E-state index contributed by atoms with van der Waals surface area (Å²) in [7, 11) is 0. The number of carbonyl (C=O) groups is 4. The number of carboxylic acid groups (broad SMARTS) is 1. The maximum Gasteiger partial charge on any atom is 0.352 e. The minimum Gasteiger partial charge on any atom is -0.477 e. The van der Waals surface area contributed by atoms with Crippen LogP contribution in [-0.4, -0.2) is 74.3 Å². The smallest absolute Gasteiger partial charge is 0.352 e. The Balaban J connectivity index is 1.77. The van der Waals surface area contributed by atoms with Crippen LogP contribution in [0.2, 0.25) is 0 Å². The monoisotopic (exact) mass is 468 g/mol. The molecule has 0 spiro atoms. The number of nitrogens with one attached hydrogen (secondary N) is 1. The van der Waals surface area contributed by atoms with Crippen LogP contribution in [0.1, 0.15) is 26.5 Å². The number of amides is 2. The number of carboxylic acids is 1. The summed E-state index contributed by atoms with van der Waals surface area (Å²) < 4.78 is 4.90. The predicted molar refractivity (Wildman–Crippen MR) is 111 cm³/mol. The Morgan fingerprint density at radius 3 is 2.74 bits per heavy atom. The van der Waals surface area contributed by atoms with Crippen LogP contribution in [0.15, 0.2) is 27.3 Å². The van der Waals surface area contributed by atoms with Gasteiger partial charge in [-0.25, -0.2) is 9.78 Å². The number of aliphatic carboxylic acids is 1. The van der Waals surface area contributed by atoms with Gasteiger partial charge >= 0.3 is 11.9 Å². The quantitative estimate of drug-likeness (QED) is 0.242. The fraction of sp³-hybridized carbons (Fsp3) is 0.444. The molecule has 1 saturated heterocycles. The van der Waals surface area contributed by atoms with Crippen molar-refractivity contribution in [1.29, 1.82) is 0 Å². The lowest BCUT2D eigenvalue weighted by atomic mass is 10.0. The van der Waals surface area contributed by atoms with Gasteiger partial charge in [-0.3, -0.25) is 19.3 Å². The van der Waals surface area contributed by atoms with Gasteiger partial charge in [-0.2, -0.15) is 0 Å². The number of thioether (sulfide) groups is 1. The van der Waals surface area contributed by atoms with Gasteiger partial charge in [0.2, 0.25) is 0 Å². The minimum atomic E-state index is -1.30. The topological polar surface area (TPSA) is 147 Å². The average Bonchev–Trinajstić information content (AvgIpc) is 3.23. The molecule has 2 N–H and O–H groups in total. The summed E-state index contributed by atoms with van der Waals surface area (Å²) in [5, 5.41) is 17.1. The molecule has 1 aromatic rings. The first-order valence-electron chi connectivity index (χ1n) is 9.17. The Morgan fingerprint density at radius 1 is 1.42 bits per heavy atom. The second-order valence-electron chi connectivity index (χ2n) is 6.87. The summed E-state index contributed by atoms with van der Waals surface area (Å²) in [6.45, 7) is 4.49. The molecule has 166 valence electrons. The number of carbonyl (C=O) groups excluding carboxylic acids is 3. The van der Waals surface area contributed by atoms with Crippen molar-refractivity contribution in [3.05, 3.63) is 27.9 Å². The van der Waals surface area contributed by atoms with Crippen molar-refractivity contribution >= 4 is 52.6 Å². The van der Waals surface area contributed by atoms with Crippen molar-refractivity contribution < 1.29 is 33.9 Å². The van der Waals surface area contributed by atoms with E-state index in [4.69, 9.17) is 9.57 Å². The van der Waals surface area contributed by atoms with Crippen LogP contribution in [0.25, 0.3) is 0 Å². The number of hydrogen-bond acceptors (Lipinski definition) is 10. The average molecular weight is 469 g/mol. The molecule has 0 unspecified atom stereocenters. The van der Waals surface area contributed by atoms with Gasteiger partial charge in [0.25, 0.3) is 11.8 Å². The van der Waals surface area contributed by atoms with E-state index in [0.717, 1.165) is 4.90 Å². The molecular formula is C18H20N4O7S2. The second kappa shape index (κ2) is 9.47. The summed E-state index contributed by atoms with van der Waals surface area (Å²) in [4.78, 5) is 58.7. The number of fused-ring (bicyclic) bond motifs is 1. The molecule has 13 heteroatoms. The number of aromatic nitrogens is 1. The van der Waals surface area contributed by atoms with Crippen LogP contribution < -0.4 is 5.32 Å². The lowest BCUT2D eigenvalue weighted by molar-refractivity contribution is -0.150. The van der Waals surface area contributed by atoms with Gasteiger partial charge in [0, 0.05) is 23.6 Å². The van der Waals surface area contributed by atoms with Crippen LogP contribution in [0.4, 0.5) is 0 Å². The zero-order chi connectivity index (χ0) is 22.7. The highest BCUT2D eigenvalue weighted by molar-refractivity contribution is 8.00. The largest absolute Gasteiger partial charge is 0.477 e. The van der Waals surface area contributed by atoms with Crippen molar-refractivity contribution in [3.63, 3.8) is 0 Å². The van der Waals surface area contributed by atoms with Gasteiger partial charge in [0.1, 0.15) is 35.5 Å². The molecule has 2 aliphatic heterocycles. The Labute approximate surface area is 185 Å². The molecule has 0 saturated carbocycles. The van der Waals surface area contributed by atoms with Gasteiger partial charge in [0.15, 0.2) is 5.71 Å². The number of thiazole rings is 1. The van der Waals surface area contributed by atoms with Crippen LogP contribution in [0, 0.1) is 0 Å². The Kier molecular flexibility index (Phi) is 6.95. The fourth-order valence-electron chi connectivity index (χ4n) is 2.88. The van der Waals surface area contributed by atoms with Gasteiger partial charge in [0.05, 0.1) is 5.51 Å². The van der Waals surface area contributed by atoms with E-state index in [1.165, 1.54) is 35.5 Å². The predicted octanol–water partition coefficient (Wildman–Crippen LogP) is 0.574. The summed E-state index contributed by atoms with van der Waals surface area (Å²) in [6.07, 6.45) is -0.268. The van der Waals surface area contributed by atoms with E-state index in [9.17, 15) is 24.3 Å². The third-order valence-corrected chi connectivity index (χ3v) is 6.16. The van der Waals surface area contributed by atoms with Crippen molar-refractivity contribution in [3.8, 4) is 0 Å². The SMILES string of the molecule is CC(=O)OCC1=C(C(=O)O)N2C(=O)[C@@H](NC(=O)C(=NOC(C)C)c3cscn3)[C@H]2SC1. The van der Waals surface area contributed by atoms with Crippen molar-refractivity contribution in [2.24, 2.45) is 5.16 Å². The summed E-state index contributed by atoms with van der Waals surface area (Å²) >= 11 is 2.54. The van der Waals surface area contributed by atoms with E-state index in [1.807, 2.05) is 0 Å². The maximum atomic E-state index is 12.8. The first-order valence-corrected chi connectivity index (χ1v) is 11.2. The minimum absolute atomic E-state index is 0.0773. The molecule has 3 heterocycles. The first-order chi connectivity index (χ1) is 14.7. The van der Waals surface area contributed by atoms with Crippen LogP contribution in [0.5, 0.6) is 0 Å². The number of oxime groups is 1. The van der Waals surface area contributed by atoms with Gasteiger partial charge in [-0.05, 0) is 13.8 Å². The number of hydrogen-bond donors (Lipinski definition) is 2. The summed E-state index contributed by atoms with van der Waals surface area (Å²) in [6, 6.07) is -0.940. The van der Waals surface area contributed by atoms with E-state index >= 15 is 0 Å².